The molecule has 3 rings (SSSR count). The Bertz CT molecular complexity index is 991. The second-order valence-electron chi connectivity index (χ2n) is 10.9. The van der Waals surface area contributed by atoms with Crippen molar-refractivity contribution >= 4 is 17.8 Å². The molecule has 1 saturated carbocycles. The van der Waals surface area contributed by atoms with E-state index in [1.807, 2.05) is 7.05 Å². The molecule has 2 fully saturated rings. The van der Waals surface area contributed by atoms with Crippen molar-refractivity contribution in [3.8, 4) is 0 Å². The van der Waals surface area contributed by atoms with Gasteiger partial charge in [-0.15, -0.1) is 0 Å². The fourth-order valence-electron chi connectivity index (χ4n) is 5.23. The van der Waals surface area contributed by atoms with Crippen molar-refractivity contribution in [2.24, 2.45) is 5.41 Å². The van der Waals surface area contributed by atoms with Crippen LogP contribution in [0.1, 0.15) is 69.3 Å². The smallest absolute Gasteiger partial charge is 0.416 e. The lowest BCUT2D eigenvalue weighted by atomic mass is 9.68. The quantitative estimate of drug-likeness (QED) is 0.646. The normalized spacial score (nSPS) is 27.9. The number of carboxylic acids is 1. The van der Waals surface area contributed by atoms with E-state index >= 15 is 0 Å². The number of carbonyl (C=O) groups is 3. The number of amides is 2. The van der Waals surface area contributed by atoms with Crippen LogP contribution in [-0.2, 0) is 15.8 Å². The molecule has 1 saturated heterocycles. The van der Waals surface area contributed by atoms with Crippen molar-refractivity contribution in [2.75, 3.05) is 13.6 Å². The standard InChI is InChI=1S/C25H34F3N3O4/c1-23(2,3)30(5)17-9-10-19(24(4,14-17)22(34)35)31-12-11-18(21(31)33)29-20(32)15-7-6-8-16(13-15)25(26,27)28/h6-8,13,17-19H,9-12,14H2,1-5H3,(H,29,32)(H,34,35)/t17-,18?,19+,24-/m1/s1. The van der Waals surface area contributed by atoms with Gasteiger partial charge in [0.05, 0.1) is 11.0 Å². The maximum atomic E-state index is 13.2. The van der Waals surface area contributed by atoms with Crippen LogP contribution in [0, 0.1) is 5.41 Å². The number of carbonyl (C=O) groups excluding carboxylic acids is 2. The molecule has 2 amide bonds. The molecule has 2 N–H and O–H groups in total. The van der Waals surface area contributed by atoms with E-state index in [0.717, 1.165) is 24.6 Å². The van der Waals surface area contributed by atoms with Gasteiger partial charge >= 0.3 is 12.1 Å². The second kappa shape index (κ2) is 9.44. The summed E-state index contributed by atoms with van der Waals surface area (Å²) in [5.74, 6) is -2.14. The zero-order valence-corrected chi connectivity index (χ0v) is 20.8. The largest absolute Gasteiger partial charge is 0.481 e. The third kappa shape index (κ3) is 5.47. The van der Waals surface area contributed by atoms with Crippen LogP contribution in [0.25, 0.3) is 0 Å². The maximum absolute atomic E-state index is 13.2. The Hall–Kier alpha value is -2.62. The van der Waals surface area contributed by atoms with E-state index in [2.05, 4.69) is 31.0 Å². The predicted octanol–water partition coefficient (Wildman–Crippen LogP) is 3.78. The van der Waals surface area contributed by atoms with Gasteiger partial charge in [-0.25, -0.2) is 0 Å². The molecule has 7 nitrogen and oxygen atoms in total. The molecule has 4 atom stereocenters. The molecule has 1 heterocycles. The van der Waals surface area contributed by atoms with Crippen LogP contribution in [0.2, 0.25) is 0 Å². The molecule has 0 spiro atoms. The van der Waals surface area contributed by atoms with E-state index in [0.29, 0.717) is 12.8 Å². The molecule has 10 heteroatoms. The minimum absolute atomic E-state index is 0.0430. The zero-order valence-electron chi connectivity index (χ0n) is 20.8. The summed E-state index contributed by atoms with van der Waals surface area (Å²) in [7, 11) is 1.98. The van der Waals surface area contributed by atoms with Gasteiger partial charge in [-0.05, 0) is 78.6 Å². The van der Waals surface area contributed by atoms with Crippen molar-refractivity contribution in [3.05, 3.63) is 35.4 Å². The molecule has 1 aromatic rings. The van der Waals surface area contributed by atoms with E-state index in [9.17, 15) is 32.7 Å². The summed E-state index contributed by atoms with van der Waals surface area (Å²) in [6, 6.07) is 2.63. The van der Waals surface area contributed by atoms with Gasteiger partial charge in [-0.1, -0.05) is 6.07 Å². The number of halogens is 3. The number of benzene rings is 1. The van der Waals surface area contributed by atoms with Crippen LogP contribution in [0.5, 0.6) is 0 Å². The van der Waals surface area contributed by atoms with Crippen molar-refractivity contribution < 1.29 is 32.7 Å². The number of hydrogen-bond acceptors (Lipinski definition) is 4. The average molecular weight is 498 g/mol. The Morgan fingerprint density at radius 3 is 2.40 bits per heavy atom. The first kappa shape index (κ1) is 27.0. The molecule has 0 aromatic heterocycles. The molecule has 35 heavy (non-hydrogen) atoms. The van der Waals surface area contributed by atoms with Gasteiger partial charge in [0.2, 0.25) is 5.91 Å². The lowest BCUT2D eigenvalue weighted by Gasteiger charge is -2.50. The van der Waals surface area contributed by atoms with Crippen LogP contribution in [0.15, 0.2) is 24.3 Å². The Morgan fingerprint density at radius 1 is 1.17 bits per heavy atom. The van der Waals surface area contributed by atoms with Gasteiger partial charge < -0.3 is 15.3 Å². The highest BCUT2D eigenvalue weighted by atomic mass is 19.4. The van der Waals surface area contributed by atoms with Crippen LogP contribution >= 0.6 is 0 Å². The number of nitrogens with zero attached hydrogens (tertiary/aromatic N) is 2. The summed E-state index contributed by atoms with van der Waals surface area (Å²) >= 11 is 0. The predicted molar refractivity (Wildman–Crippen MR) is 124 cm³/mol. The number of nitrogens with one attached hydrogen (secondary N) is 1. The summed E-state index contributed by atoms with van der Waals surface area (Å²) in [6.07, 6.45) is -2.70. The molecule has 194 valence electrons. The molecule has 0 radical (unpaired) electrons. The zero-order chi connectivity index (χ0) is 26.3. The summed E-state index contributed by atoms with van der Waals surface area (Å²) in [5, 5.41) is 12.7. The molecular formula is C25H34F3N3O4. The number of carboxylic acid groups (broad SMARTS) is 1. The van der Waals surface area contributed by atoms with E-state index < -0.39 is 47.0 Å². The number of aliphatic carboxylic acids is 1. The average Bonchev–Trinajstić information content (AvgIpc) is 3.11. The van der Waals surface area contributed by atoms with Gasteiger partial charge in [0.25, 0.3) is 5.91 Å². The molecule has 1 aromatic carbocycles. The third-order valence-corrected chi connectivity index (χ3v) is 7.64. The first-order chi connectivity index (χ1) is 16.1. The van der Waals surface area contributed by atoms with Gasteiger partial charge in [0.15, 0.2) is 0 Å². The number of likely N-dealkylation sites (tertiary alicyclic amines) is 1. The number of rotatable bonds is 5. The molecule has 0 bridgehead atoms. The van der Waals surface area contributed by atoms with Crippen LogP contribution < -0.4 is 5.32 Å². The van der Waals surface area contributed by atoms with Crippen molar-refractivity contribution in [2.45, 2.75) is 83.2 Å². The fraction of sp³-hybridized carbons (Fsp3) is 0.640. The van der Waals surface area contributed by atoms with Crippen molar-refractivity contribution in [1.29, 1.82) is 0 Å². The Morgan fingerprint density at radius 2 is 1.83 bits per heavy atom. The summed E-state index contributed by atoms with van der Waals surface area (Å²) in [4.78, 5) is 41.9. The lowest BCUT2D eigenvalue weighted by molar-refractivity contribution is -0.159. The maximum Gasteiger partial charge on any atom is 0.416 e. The first-order valence-corrected chi connectivity index (χ1v) is 11.8. The van der Waals surface area contributed by atoms with Gasteiger partial charge in [-0.2, -0.15) is 13.2 Å². The SMILES string of the molecule is CN([C@@H]1CC[C@H](N2CCC(NC(=O)c3cccc(C(F)(F)F)c3)C2=O)[C@](C)(C(=O)O)C1)C(C)(C)C. The summed E-state index contributed by atoms with van der Waals surface area (Å²) in [5.41, 5.74) is -2.44. The third-order valence-electron chi connectivity index (χ3n) is 7.64. The molecule has 1 aliphatic heterocycles. The topological polar surface area (TPSA) is 90.0 Å². The van der Waals surface area contributed by atoms with Crippen LogP contribution in [0.3, 0.4) is 0 Å². The van der Waals surface area contributed by atoms with Gasteiger partial charge in [0.1, 0.15) is 6.04 Å². The molecular weight excluding hydrogens is 463 g/mol. The number of hydrogen-bond donors (Lipinski definition) is 2. The minimum atomic E-state index is -4.59. The Balaban J connectivity index is 1.74. The minimum Gasteiger partial charge on any atom is -0.481 e. The van der Waals surface area contributed by atoms with E-state index in [1.165, 1.54) is 6.07 Å². The summed E-state index contributed by atoms with van der Waals surface area (Å²) in [6.45, 7) is 8.15. The second-order valence-corrected chi connectivity index (χ2v) is 10.9. The highest BCUT2D eigenvalue weighted by Crippen LogP contribution is 2.43. The van der Waals surface area contributed by atoms with Gasteiger partial charge in [0, 0.05) is 29.7 Å². The highest BCUT2D eigenvalue weighted by molar-refractivity contribution is 5.98. The molecule has 1 aliphatic carbocycles. The molecule has 2 aliphatic rings. The van der Waals surface area contributed by atoms with E-state index in [-0.39, 0.29) is 30.1 Å². The van der Waals surface area contributed by atoms with E-state index in [4.69, 9.17) is 0 Å². The van der Waals surface area contributed by atoms with Crippen molar-refractivity contribution in [3.63, 3.8) is 0 Å². The Kier molecular flexibility index (Phi) is 7.28. The highest BCUT2D eigenvalue weighted by Gasteiger charge is 2.53. The fourth-order valence-corrected chi connectivity index (χ4v) is 5.23. The van der Waals surface area contributed by atoms with Crippen molar-refractivity contribution in [1.82, 2.24) is 15.1 Å². The first-order valence-electron chi connectivity index (χ1n) is 11.8. The summed E-state index contributed by atoms with van der Waals surface area (Å²) < 4.78 is 39.0. The van der Waals surface area contributed by atoms with Crippen LogP contribution in [0.4, 0.5) is 13.2 Å². The lowest BCUT2D eigenvalue weighted by Crippen LogP contribution is -2.59. The molecule has 1 unspecified atom stereocenters. The van der Waals surface area contributed by atoms with E-state index in [1.54, 1.807) is 11.8 Å². The monoisotopic (exact) mass is 497 g/mol. The van der Waals surface area contributed by atoms with Gasteiger partial charge in [-0.3, -0.25) is 19.3 Å². The van der Waals surface area contributed by atoms with Crippen LogP contribution in [-0.4, -0.2) is 69.9 Å². The Labute approximate surface area is 203 Å². The number of alkyl halides is 3.